The van der Waals surface area contributed by atoms with Gasteiger partial charge in [0.1, 0.15) is 0 Å². The van der Waals surface area contributed by atoms with E-state index in [9.17, 15) is 9.59 Å². The summed E-state index contributed by atoms with van der Waals surface area (Å²) < 4.78 is 0. The van der Waals surface area contributed by atoms with Crippen molar-refractivity contribution in [1.82, 2.24) is 4.90 Å². The average Bonchev–Trinajstić information content (AvgIpc) is 3.00. The summed E-state index contributed by atoms with van der Waals surface area (Å²) in [5, 5.41) is 0. The van der Waals surface area contributed by atoms with Crippen molar-refractivity contribution in [1.29, 1.82) is 0 Å². The van der Waals surface area contributed by atoms with E-state index in [1.165, 1.54) is 5.56 Å². The molecule has 4 rings (SSSR count). The van der Waals surface area contributed by atoms with Gasteiger partial charge in [-0.3, -0.25) is 9.59 Å². The zero-order valence-corrected chi connectivity index (χ0v) is 19.0. The molecular weight excluding hydrogens is 398 g/mol. The molecule has 2 aliphatic rings. The van der Waals surface area contributed by atoms with Crippen LogP contribution in [0.15, 0.2) is 72.8 Å². The first-order chi connectivity index (χ1) is 15.3. The van der Waals surface area contributed by atoms with Crippen LogP contribution in [0.1, 0.15) is 52.1 Å². The lowest BCUT2D eigenvalue weighted by Gasteiger charge is -2.31. The number of allylic oxidation sites excluding steroid dienone is 2. The molecule has 2 N–H and O–H groups in total. The summed E-state index contributed by atoms with van der Waals surface area (Å²) in [6.45, 7) is 2.53. The van der Waals surface area contributed by atoms with Crippen LogP contribution in [0, 0.1) is 5.41 Å². The van der Waals surface area contributed by atoms with E-state index in [-0.39, 0.29) is 23.8 Å². The van der Waals surface area contributed by atoms with Gasteiger partial charge in [-0.25, -0.2) is 0 Å². The Kier molecular flexibility index (Phi) is 6.13. The monoisotopic (exact) mass is 429 g/mol. The Balaban J connectivity index is 1.60. The molecule has 0 spiro atoms. The van der Waals surface area contributed by atoms with Crippen molar-refractivity contribution >= 4 is 17.4 Å². The van der Waals surface area contributed by atoms with Gasteiger partial charge in [0, 0.05) is 35.4 Å². The number of carbonyl (C=O) groups is 2. The van der Waals surface area contributed by atoms with Gasteiger partial charge in [-0.2, -0.15) is 0 Å². The SMILES string of the molecule is CN(C)C1CCCN(C(=O)c2ccc(C(=O)C3(C)C=CC=CC3N)cc2)c2ccccc21. The summed E-state index contributed by atoms with van der Waals surface area (Å²) in [5.74, 6) is -0.0854. The van der Waals surface area contributed by atoms with Gasteiger partial charge in [-0.15, -0.1) is 0 Å². The van der Waals surface area contributed by atoms with Crippen LogP contribution < -0.4 is 10.6 Å². The van der Waals surface area contributed by atoms with Gasteiger partial charge >= 0.3 is 0 Å². The summed E-state index contributed by atoms with van der Waals surface area (Å²) in [5.41, 5.74) is 8.69. The maximum Gasteiger partial charge on any atom is 0.258 e. The Labute approximate surface area is 190 Å². The minimum atomic E-state index is -0.787. The molecular formula is C27H31N3O2. The first kappa shape index (κ1) is 22.2. The van der Waals surface area contributed by atoms with Crippen LogP contribution in [-0.4, -0.2) is 43.3 Å². The van der Waals surface area contributed by atoms with Crippen LogP contribution in [0.2, 0.25) is 0 Å². The second-order valence-corrected chi connectivity index (χ2v) is 9.10. The smallest absolute Gasteiger partial charge is 0.258 e. The molecule has 0 fully saturated rings. The molecule has 2 aromatic rings. The topological polar surface area (TPSA) is 66.6 Å². The predicted octanol–water partition coefficient (Wildman–Crippen LogP) is 4.37. The molecule has 5 heteroatoms. The number of fused-ring (bicyclic) bond motifs is 1. The van der Waals surface area contributed by atoms with E-state index in [1.54, 1.807) is 24.3 Å². The fraction of sp³-hybridized carbons (Fsp3) is 0.333. The first-order valence-electron chi connectivity index (χ1n) is 11.2. The number of ketones is 1. The van der Waals surface area contributed by atoms with Crippen LogP contribution >= 0.6 is 0 Å². The third-order valence-corrected chi connectivity index (χ3v) is 6.76. The van der Waals surface area contributed by atoms with Crippen LogP contribution in [0.3, 0.4) is 0 Å². The van der Waals surface area contributed by atoms with Crippen molar-refractivity contribution in [3.05, 3.63) is 89.5 Å². The number of hydrogen-bond donors (Lipinski definition) is 1. The molecule has 5 nitrogen and oxygen atoms in total. The van der Waals surface area contributed by atoms with E-state index >= 15 is 0 Å². The number of para-hydroxylation sites is 1. The van der Waals surface area contributed by atoms with Gasteiger partial charge in [0.05, 0.1) is 5.41 Å². The molecule has 0 radical (unpaired) electrons. The van der Waals surface area contributed by atoms with Crippen LogP contribution in [-0.2, 0) is 0 Å². The standard InChI is InChI=1S/C27H31N3O2/c1-27(17-7-6-12-24(27)28)25(31)19-13-15-20(16-14-19)26(32)30-18-8-11-22(29(2)3)21-9-4-5-10-23(21)30/h4-7,9-10,12-17,22,24H,8,11,18,28H2,1-3H3. The molecule has 0 aromatic heterocycles. The van der Waals surface area contributed by atoms with Gasteiger partial charge in [0.2, 0.25) is 0 Å². The second-order valence-electron chi connectivity index (χ2n) is 9.10. The van der Waals surface area contributed by atoms with Gasteiger partial charge < -0.3 is 15.5 Å². The molecule has 1 heterocycles. The van der Waals surface area contributed by atoms with Crippen molar-refractivity contribution < 1.29 is 9.59 Å². The summed E-state index contributed by atoms with van der Waals surface area (Å²) in [6, 6.07) is 15.1. The molecule has 0 saturated heterocycles. The number of Topliss-reactive ketones (excluding diaryl/α,β-unsaturated/α-hetero) is 1. The Hall–Kier alpha value is -3.02. The fourth-order valence-corrected chi connectivity index (χ4v) is 4.69. The molecule has 3 unspecified atom stereocenters. The van der Waals surface area contributed by atoms with E-state index in [0.717, 1.165) is 18.5 Å². The van der Waals surface area contributed by atoms with E-state index in [1.807, 2.05) is 54.3 Å². The molecule has 1 amide bonds. The molecule has 2 aromatic carbocycles. The third kappa shape index (κ3) is 3.94. The minimum absolute atomic E-state index is 0.0423. The van der Waals surface area contributed by atoms with E-state index in [0.29, 0.717) is 17.7 Å². The highest BCUT2D eigenvalue weighted by molar-refractivity contribution is 6.08. The maximum atomic E-state index is 13.5. The van der Waals surface area contributed by atoms with Gasteiger partial charge in [0.15, 0.2) is 5.78 Å². The highest BCUT2D eigenvalue weighted by Gasteiger charge is 2.37. The fourth-order valence-electron chi connectivity index (χ4n) is 4.69. The number of carbonyl (C=O) groups excluding carboxylic acids is 2. The summed E-state index contributed by atoms with van der Waals surface area (Å²) >= 11 is 0. The van der Waals surface area contributed by atoms with Crippen molar-refractivity contribution in [3.8, 4) is 0 Å². The van der Waals surface area contributed by atoms with Crippen LogP contribution in [0.25, 0.3) is 0 Å². The molecule has 1 aliphatic heterocycles. The van der Waals surface area contributed by atoms with Gasteiger partial charge in [-0.1, -0.05) is 54.6 Å². The highest BCUT2D eigenvalue weighted by atomic mass is 16.2. The zero-order valence-electron chi connectivity index (χ0n) is 19.0. The summed E-state index contributed by atoms with van der Waals surface area (Å²) in [4.78, 5) is 30.7. The molecule has 32 heavy (non-hydrogen) atoms. The maximum absolute atomic E-state index is 13.5. The molecule has 3 atom stereocenters. The summed E-state index contributed by atoms with van der Waals surface area (Å²) in [7, 11) is 4.16. The number of nitrogens with zero attached hydrogens (tertiary/aromatic N) is 2. The van der Waals surface area contributed by atoms with Crippen molar-refractivity contribution in [2.45, 2.75) is 31.8 Å². The highest BCUT2D eigenvalue weighted by Crippen LogP contribution is 2.36. The largest absolute Gasteiger partial charge is 0.323 e. The molecule has 0 saturated carbocycles. The number of nitrogens with two attached hydrogens (primary N) is 1. The van der Waals surface area contributed by atoms with Crippen LogP contribution in [0.4, 0.5) is 5.69 Å². The normalized spacial score (nSPS) is 24.8. The second kappa shape index (κ2) is 8.85. The minimum Gasteiger partial charge on any atom is -0.323 e. The number of hydrogen-bond acceptors (Lipinski definition) is 4. The zero-order chi connectivity index (χ0) is 22.9. The van der Waals surface area contributed by atoms with E-state index in [4.69, 9.17) is 5.73 Å². The number of anilines is 1. The first-order valence-corrected chi connectivity index (χ1v) is 11.2. The lowest BCUT2D eigenvalue weighted by molar-refractivity contribution is 0.0854. The van der Waals surface area contributed by atoms with Crippen molar-refractivity contribution in [3.63, 3.8) is 0 Å². The number of benzene rings is 2. The number of amides is 1. The van der Waals surface area contributed by atoms with Crippen molar-refractivity contribution in [2.24, 2.45) is 11.1 Å². The Morgan fingerprint density at radius 2 is 1.72 bits per heavy atom. The average molecular weight is 430 g/mol. The van der Waals surface area contributed by atoms with Gasteiger partial charge in [0.25, 0.3) is 5.91 Å². The Morgan fingerprint density at radius 1 is 1.03 bits per heavy atom. The Morgan fingerprint density at radius 3 is 2.41 bits per heavy atom. The quantitative estimate of drug-likeness (QED) is 0.733. The molecule has 1 aliphatic carbocycles. The van der Waals surface area contributed by atoms with Crippen LogP contribution in [0.5, 0.6) is 0 Å². The number of rotatable bonds is 4. The van der Waals surface area contributed by atoms with E-state index < -0.39 is 5.41 Å². The lowest BCUT2D eigenvalue weighted by Crippen LogP contribution is -2.43. The van der Waals surface area contributed by atoms with Crippen molar-refractivity contribution in [2.75, 3.05) is 25.5 Å². The third-order valence-electron chi connectivity index (χ3n) is 6.76. The molecule has 0 bridgehead atoms. The van der Waals surface area contributed by atoms with Gasteiger partial charge in [-0.05, 0) is 57.6 Å². The molecule has 166 valence electrons. The lowest BCUT2D eigenvalue weighted by atomic mass is 9.74. The Bertz CT molecular complexity index is 1070. The predicted molar refractivity (Wildman–Crippen MR) is 129 cm³/mol. The summed E-state index contributed by atoms with van der Waals surface area (Å²) in [6.07, 6.45) is 9.35. The van der Waals surface area contributed by atoms with E-state index in [2.05, 4.69) is 25.1 Å².